The van der Waals surface area contributed by atoms with Crippen LogP contribution in [-0.4, -0.2) is 27.1 Å². The highest BCUT2D eigenvalue weighted by Crippen LogP contribution is 2.21. The van der Waals surface area contributed by atoms with Crippen LogP contribution in [0.25, 0.3) is 0 Å². The molecule has 0 unspecified atom stereocenters. The number of sulfonamides is 1. The Balaban J connectivity index is 1.91. The number of nitrogens with one attached hydrogen (secondary N) is 1. The topological polar surface area (TPSA) is 66.5 Å². The first-order chi connectivity index (χ1) is 13.7. The number of rotatable bonds is 10. The van der Waals surface area contributed by atoms with Gasteiger partial charge < -0.3 is 5.32 Å². The van der Waals surface area contributed by atoms with Crippen molar-refractivity contribution in [2.45, 2.75) is 39.0 Å². The molecule has 2 aromatic carbocycles. The standard InChI is InChI=1S/C21H26F2N2O3S/c1-3-4-6-16-8-10-17(11-9-16)24-21(26)7-5-14-25(29(2,27)28)18-12-13-19(22)20(23)15-18/h8-13,15H,3-7,14H2,1-2H3,(H,24,26). The largest absolute Gasteiger partial charge is 0.326 e. The zero-order valence-electron chi connectivity index (χ0n) is 16.6. The van der Waals surface area contributed by atoms with Crippen molar-refractivity contribution in [3.63, 3.8) is 0 Å². The molecule has 0 heterocycles. The summed E-state index contributed by atoms with van der Waals surface area (Å²) in [7, 11) is -3.70. The number of nitrogens with zero attached hydrogens (tertiary/aromatic N) is 1. The molecule has 0 fully saturated rings. The highest BCUT2D eigenvalue weighted by molar-refractivity contribution is 7.92. The molecule has 2 aromatic rings. The number of amides is 1. The molecule has 0 aliphatic heterocycles. The van der Waals surface area contributed by atoms with E-state index in [9.17, 15) is 22.0 Å². The van der Waals surface area contributed by atoms with Gasteiger partial charge >= 0.3 is 0 Å². The fourth-order valence-electron chi connectivity index (χ4n) is 2.87. The Hall–Kier alpha value is -2.48. The van der Waals surface area contributed by atoms with E-state index in [1.165, 1.54) is 11.6 Å². The summed E-state index contributed by atoms with van der Waals surface area (Å²) in [5.41, 5.74) is 1.91. The molecule has 8 heteroatoms. The lowest BCUT2D eigenvalue weighted by Gasteiger charge is -2.22. The van der Waals surface area contributed by atoms with Crippen LogP contribution in [0.4, 0.5) is 20.2 Å². The van der Waals surface area contributed by atoms with Gasteiger partial charge in [-0.3, -0.25) is 9.10 Å². The second-order valence-electron chi connectivity index (χ2n) is 6.89. The second-order valence-corrected chi connectivity index (χ2v) is 8.79. The molecule has 0 saturated heterocycles. The quantitative estimate of drug-likeness (QED) is 0.611. The van der Waals surface area contributed by atoms with Crippen LogP contribution in [0.3, 0.4) is 0 Å². The number of hydrogen-bond acceptors (Lipinski definition) is 3. The molecule has 0 aliphatic rings. The van der Waals surface area contributed by atoms with Crippen LogP contribution in [0.5, 0.6) is 0 Å². The zero-order valence-corrected chi connectivity index (χ0v) is 17.4. The van der Waals surface area contributed by atoms with E-state index in [-0.39, 0.29) is 31.0 Å². The van der Waals surface area contributed by atoms with Gasteiger partial charge in [-0.1, -0.05) is 25.5 Å². The van der Waals surface area contributed by atoms with Gasteiger partial charge in [0.05, 0.1) is 11.9 Å². The smallest absolute Gasteiger partial charge is 0.232 e. The molecule has 1 amide bonds. The van der Waals surface area contributed by atoms with Crippen molar-refractivity contribution in [1.29, 1.82) is 0 Å². The van der Waals surface area contributed by atoms with Crippen molar-refractivity contribution < 1.29 is 22.0 Å². The van der Waals surface area contributed by atoms with E-state index in [0.29, 0.717) is 5.69 Å². The second kappa shape index (κ2) is 10.3. The van der Waals surface area contributed by atoms with Crippen LogP contribution in [0.15, 0.2) is 42.5 Å². The maximum absolute atomic E-state index is 13.5. The summed E-state index contributed by atoms with van der Waals surface area (Å²) in [6.45, 7) is 2.11. The monoisotopic (exact) mass is 424 g/mol. The number of anilines is 2. The number of carbonyl (C=O) groups excluding carboxylic acids is 1. The average molecular weight is 425 g/mol. The van der Waals surface area contributed by atoms with E-state index < -0.39 is 21.7 Å². The normalized spacial score (nSPS) is 11.3. The Bertz CT molecular complexity index is 931. The lowest BCUT2D eigenvalue weighted by Crippen LogP contribution is -2.31. The van der Waals surface area contributed by atoms with E-state index >= 15 is 0 Å². The highest BCUT2D eigenvalue weighted by Gasteiger charge is 2.19. The van der Waals surface area contributed by atoms with Gasteiger partial charge in [-0.05, 0) is 49.1 Å². The maximum atomic E-state index is 13.5. The first-order valence-electron chi connectivity index (χ1n) is 9.52. The molecule has 1 N–H and O–H groups in total. The Morgan fingerprint density at radius 3 is 2.31 bits per heavy atom. The molecule has 0 spiro atoms. The van der Waals surface area contributed by atoms with E-state index in [0.717, 1.165) is 42.0 Å². The molecule has 2 rings (SSSR count). The average Bonchev–Trinajstić information content (AvgIpc) is 2.66. The Morgan fingerprint density at radius 1 is 1.03 bits per heavy atom. The van der Waals surface area contributed by atoms with Crippen LogP contribution < -0.4 is 9.62 Å². The van der Waals surface area contributed by atoms with Gasteiger partial charge in [-0.25, -0.2) is 17.2 Å². The minimum Gasteiger partial charge on any atom is -0.326 e. The number of hydrogen-bond donors (Lipinski definition) is 1. The van der Waals surface area contributed by atoms with Gasteiger partial charge in [0.15, 0.2) is 11.6 Å². The maximum Gasteiger partial charge on any atom is 0.232 e. The summed E-state index contributed by atoms with van der Waals surface area (Å²) in [6, 6.07) is 10.5. The first-order valence-corrected chi connectivity index (χ1v) is 11.4. The van der Waals surface area contributed by atoms with Gasteiger partial charge in [-0.2, -0.15) is 0 Å². The third-order valence-electron chi connectivity index (χ3n) is 4.41. The summed E-state index contributed by atoms with van der Waals surface area (Å²) in [4.78, 5) is 12.1. The van der Waals surface area contributed by atoms with Gasteiger partial charge in [0.1, 0.15) is 0 Å². The molecular formula is C21H26F2N2O3S. The third-order valence-corrected chi connectivity index (χ3v) is 5.61. The molecule has 29 heavy (non-hydrogen) atoms. The molecule has 158 valence electrons. The third kappa shape index (κ3) is 7.12. The van der Waals surface area contributed by atoms with Gasteiger partial charge in [-0.15, -0.1) is 0 Å². The lowest BCUT2D eigenvalue weighted by atomic mass is 10.1. The highest BCUT2D eigenvalue weighted by atomic mass is 32.2. The van der Waals surface area contributed by atoms with Crippen LogP contribution in [0.2, 0.25) is 0 Å². The minimum absolute atomic E-state index is 0.0206. The zero-order chi connectivity index (χ0) is 21.4. The summed E-state index contributed by atoms with van der Waals surface area (Å²) in [5.74, 6) is -2.43. The molecule has 0 bridgehead atoms. The van der Waals surface area contributed by atoms with Gasteiger partial charge in [0, 0.05) is 24.7 Å². The summed E-state index contributed by atoms with van der Waals surface area (Å²) in [6.07, 6.45) is 4.53. The number of halogens is 2. The van der Waals surface area contributed by atoms with Crippen LogP contribution >= 0.6 is 0 Å². The van der Waals surface area contributed by atoms with Crippen LogP contribution in [-0.2, 0) is 21.2 Å². The van der Waals surface area contributed by atoms with Crippen molar-refractivity contribution in [2.24, 2.45) is 0 Å². The summed E-state index contributed by atoms with van der Waals surface area (Å²) < 4.78 is 51.6. The molecule has 0 atom stereocenters. The molecular weight excluding hydrogens is 398 g/mol. The SMILES string of the molecule is CCCCc1ccc(NC(=O)CCCN(c2ccc(F)c(F)c2)S(C)(=O)=O)cc1. The minimum atomic E-state index is -3.70. The van der Waals surface area contributed by atoms with Crippen molar-refractivity contribution in [3.8, 4) is 0 Å². The Labute approximate surface area is 170 Å². The molecule has 5 nitrogen and oxygen atoms in total. The molecule has 0 saturated carbocycles. The van der Waals surface area contributed by atoms with E-state index in [4.69, 9.17) is 0 Å². The first kappa shape index (κ1) is 22.8. The predicted molar refractivity (Wildman–Crippen MR) is 111 cm³/mol. The van der Waals surface area contributed by atoms with Crippen molar-refractivity contribution in [1.82, 2.24) is 0 Å². The Kier molecular flexibility index (Phi) is 8.13. The van der Waals surface area contributed by atoms with Crippen LogP contribution in [0.1, 0.15) is 38.2 Å². The van der Waals surface area contributed by atoms with Gasteiger partial charge in [0.2, 0.25) is 15.9 Å². The van der Waals surface area contributed by atoms with Crippen molar-refractivity contribution >= 4 is 27.3 Å². The van der Waals surface area contributed by atoms with Gasteiger partial charge in [0.25, 0.3) is 0 Å². The predicted octanol–water partition coefficient (Wildman–Crippen LogP) is 4.49. The molecule has 0 radical (unpaired) electrons. The molecule has 0 aliphatic carbocycles. The number of carbonyl (C=O) groups is 1. The number of benzene rings is 2. The lowest BCUT2D eigenvalue weighted by molar-refractivity contribution is -0.116. The van der Waals surface area contributed by atoms with E-state index in [2.05, 4.69) is 12.2 Å². The van der Waals surface area contributed by atoms with Crippen molar-refractivity contribution in [2.75, 3.05) is 22.4 Å². The number of aryl methyl sites for hydroxylation is 1. The number of unbranched alkanes of at least 4 members (excludes halogenated alkanes) is 1. The van der Waals surface area contributed by atoms with Crippen LogP contribution in [0, 0.1) is 11.6 Å². The summed E-state index contributed by atoms with van der Waals surface area (Å²) in [5, 5.41) is 2.78. The fourth-order valence-corrected chi connectivity index (χ4v) is 3.83. The van der Waals surface area contributed by atoms with Crippen molar-refractivity contribution in [3.05, 3.63) is 59.7 Å². The Morgan fingerprint density at radius 2 is 1.72 bits per heavy atom. The van der Waals surface area contributed by atoms with E-state index in [1.807, 2.05) is 24.3 Å². The fraction of sp³-hybridized carbons (Fsp3) is 0.381. The van der Waals surface area contributed by atoms with E-state index in [1.54, 1.807) is 0 Å². The molecule has 0 aromatic heterocycles. The summed E-state index contributed by atoms with van der Waals surface area (Å²) >= 11 is 0.